The first-order valence-corrected chi connectivity index (χ1v) is 11.5. The fraction of sp³-hybridized carbons (Fsp3) is 0.185. The molecule has 0 aliphatic carbocycles. The van der Waals surface area contributed by atoms with E-state index in [2.05, 4.69) is 15.9 Å². The molecule has 4 rings (SSSR count). The highest BCUT2D eigenvalue weighted by Crippen LogP contribution is 2.42. The Labute approximate surface area is 201 Å². The third-order valence-electron chi connectivity index (χ3n) is 5.48. The third kappa shape index (κ3) is 4.44. The molecule has 1 unspecified atom stereocenters. The van der Waals surface area contributed by atoms with Gasteiger partial charge in [-0.25, -0.2) is 0 Å². The molecular weight excluding hydrogens is 482 g/mol. The van der Waals surface area contributed by atoms with Gasteiger partial charge in [0.2, 0.25) is 0 Å². The molecule has 3 aromatic carbocycles. The predicted octanol–water partition coefficient (Wildman–Crippen LogP) is 6.17. The monoisotopic (exact) mass is 505 g/mol. The second-order valence-corrected chi connectivity index (χ2v) is 9.06. The summed E-state index contributed by atoms with van der Waals surface area (Å²) in [5.41, 5.74) is 2.73. The maximum Gasteiger partial charge on any atom is 0.300 e. The summed E-state index contributed by atoms with van der Waals surface area (Å²) in [6.45, 7) is 5.77. The van der Waals surface area contributed by atoms with Crippen molar-refractivity contribution in [3.05, 3.63) is 99.5 Å². The van der Waals surface area contributed by atoms with Crippen molar-refractivity contribution in [1.29, 1.82) is 0 Å². The second-order valence-electron chi connectivity index (χ2n) is 8.20. The predicted molar refractivity (Wildman–Crippen MR) is 132 cm³/mol. The summed E-state index contributed by atoms with van der Waals surface area (Å²) in [5, 5.41) is 11.2. The quantitative estimate of drug-likeness (QED) is 0.255. The van der Waals surface area contributed by atoms with Crippen molar-refractivity contribution < 1.29 is 19.4 Å². The number of ether oxygens (including phenoxy) is 1. The first-order valence-electron chi connectivity index (χ1n) is 10.7. The number of halogens is 1. The Bertz CT molecular complexity index is 1230. The number of benzene rings is 3. The Balaban J connectivity index is 1.86. The van der Waals surface area contributed by atoms with E-state index in [0.29, 0.717) is 17.0 Å². The van der Waals surface area contributed by atoms with Crippen LogP contribution >= 0.6 is 15.9 Å². The van der Waals surface area contributed by atoms with Crippen LogP contribution in [-0.2, 0) is 9.59 Å². The highest BCUT2D eigenvalue weighted by atomic mass is 79.9. The van der Waals surface area contributed by atoms with Gasteiger partial charge in [0.15, 0.2) is 0 Å². The number of nitrogens with zero attached hydrogens (tertiary/aromatic N) is 1. The van der Waals surface area contributed by atoms with E-state index in [-0.39, 0.29) is 17.4 Å². The van der Waals surface area contributed by atoms with E-state index >= 15 is 0 Å². The second kappa shape index (κ2) is 9.24. The topological polar surface area (TPSA) is 66.8 Å². The molecule has 0 spiro atoms. The molecule has 33 heavy (non-hydrogen) atoms. The lowest BCUT2D eigenvalue weighted by Gasteiger charge is -2.25. The molecule has 1 aliphatic rings. The van der Waals surface area contributed by atoms with Gasteiger partial charge in [-0.1, -0.05) is 52.3 Å². The number of rotatable bonds is 5. The van der Waals surface area contributed by atoms with Crippen molar-refractivity contribution in [2.24, 2.45) is 0 Å². The number of aliphatic hydroxyl groups excluding tert-OH is 1. The highest BCUT2D eigenvalue weighted by molar-refractivity contribution is 9.10. The minimum atomic E-state index is -0.757. The Morgan fingerprint density at radius 1 is 1.00 bits per heavy atom. The number of ketones is 1. The molecule has 1 atom stereocenters. The lowest BCUT2D eigenvalue weighted by atomic mass is 9.95. The van der Waals surface area contributed by atoms with E-state index in [1.165, 1.54) is 4.90 Å². The lowest BCUT2D eigenvalue weighted by Crippen LogP contribution is -2.29. The largest absolute Gasteiger partial charge is 0.507 e. The van der Waals surface area contributed by atoms with Gasteiger partial charge in [-0.2, -0.15) is 0 Å². The molecule has 0 radical (unpaired) electrons. The summed E-state index contributed by atoms with van der Waals surface area (Å²) in [5.74, 6) is -0.923. The maximum absolute atomic E-state index is 13.2. The summed E-state index contributed by atoms with van der Waals surface area (Å²) >= 11 is 3.46. The van der Waals surface area contributed by atoms with Gasteiger partial charge < -0.3 is 9.84 Å². The summed E-state index contributed by atoms with van der Waals surface area (Å²) in [7, 11) is 0. The van der Waals surface area contributed by atoms with Crippen LogP contribution in [0.2, 0.25) is 0 Å². The molecule has 0 aromatic heterocycles. The number of anilines is 1. The van der Waals surface area contributed by atoms with Crippen molar-refractivity contribution in [3.63, 3.8) is 0 Å². The van der Waals surface area contributed by atoms with Crippen molar-refractivity contribution in [3.8, 4) is 5.75 Å². The fourth-order valence-electron chi connectivity index (χ4n) is 3.95. The van der Waals surface area contributed by atoms with E-state index in [1.807, 2.05) is 57.2 Å². The number of carbonyl (C=O) groups is 2. The minimum Gasteiger partial charge on any atom is -0.507 e. The fourth-order valence-corrected chi connectivity index (χ4v) is 4.20. The molecular formula is C27H24BrNO4. The van der Waals surface area contributed by atoms with E-state index in [0.717, 1.165) is 15.6 Å². The summed E-state index contributed by atoms with van der Waals surface area (Å²) in [6.07, 6.45) is 0.0174. The zero-order valence-corrected chi connectivity index (χ0v) is 20.2. The summed E-state index contributed by atoms with van der Waals surface area (Å²) in [6, 6.07) is 20.9. The van der Waals surface area contributed by atoms with E-state index in [4.69, 9.17) is 4.74 Å². The van der Waals surface area contributed by atoms with E-state index in [1.54, 1.807) is 36.4 Å². The third-order valence-corrected chi connectivity index (χ3v) is 6.37. The molecule has 5 nitrogen and oxygen atoms in total. The molecule has 168 valence electrons. The first-order chi connectivity index (χ1) is 15.8. The van der Waals surface area contributed by atoms with Crippen LogP contribution in [0.3, 0.4) is 0 Å². The smallest absolute Gasteiger partial charge is 0.300 e. The highest BCUT2D eigenvalue weighted by Gasteiger charge is 2.46. The maximum atomic E-state index is 13.2. The van der Waals surface area contributed by atoms with Crippen molar-refractivity contribution in [2.75, 3.05) is 4.90 Å². The lowest BCUT2D eigenvalue weighted by molar-refractivity contribution is -0.132. The Kier molecular flexibility index (Phi) is 6.38. The number of Topliss-reactive ketones (excluding diaryl/α,β-unsaturated/α-hetero) is 1. The van der Waals surface area contributed by atoms with Crippen LogP contribution in [0.5, 0.6) is 5.75 Å². The van der Waals surface area contributed by atoms with Crippen LogP contribution in [0.15, 0.2) is 82.8 Å². The van der Waals surface area contributed by atoms with Crippen molar-refractivity contribution in [2.45, 2.75) is 32.9 Å². The number of hydrogen-bond acceptors (Lipinski definition) is 4. The van der Waals surface area contributed by atoms with Crippen LogP contribution in [0.4, 0.5) is 5.69 Å². The van der Waals surface area contributed by atoms with Gasteiger partial charge in [0, 0.05) is 15.7 Å². The normalized spacial score (nSPS) is 17.6. The summed E-state index contributed by atoms with van der Waals surface area (Å²) in [4.78, 5) is 27.9. The van der Waals surface area contributed by atoms with Gasteiger partial charge in [0.25, 0.3) is 11.7 Å². The van der Waals surface area contributed by atoms with Crippen LogP contribution in [0, 0.1) is 6.92 Å². The summed E-state index contributed by atoms with van der Waals surface area (Å²) < 4.78 is 6.60. The van der Waals surface area contributed by atoms with Crippen LogP contribution in [0.1, 0.15) is 36.6 Å². The van der Waals surface area contributed by atoms with Gasteiger partial charge in [0.05, 0.1) is 17.7 Å². The minimum absolute atomic E-state index is 0.0174. The molecule has 1 aliphatic heterocycles. The Morgan fingerprint density at radius 3 is 2.27 bits per heavy atom. The van der Waals surface area contributed by atoms with Gasteiger partial charge in [-0.15, -0.1) is 0 Å². The van der Waals surface area contributed by atoms with E-state index < -0.39 is 17.7 Å². The van der Waals surface area contributed by atoms with Crippen molar-refractivity contribution >= 4 is 39.1 Å². The number of aryl methyl sites for hydroxylation is 1. The molecule has 1 amide bonds. The molecule has 6 heteroatoms. The van der Waals surface area contributed by atoms with Crippen LogP contribution in [-0.4, -0.2) is 22.9 Å². The van der Waals surface area contributed by atoms with Gasteiger partial charge in [0.1, 0.15) is 11.5 Å². The number of amides is 1. The van der Waals surface area contributed by atoms with Crippen molar-refractivity contribution in [1.82, 2.24) is 0 Å². The van der Waals surface area contributed by atoms with Gasteiger partial charge >= 0.3 is 0 Å². The zero-order chi connectivity index (χ0) is 23.7. The molecule has 3 aromatic rings. The van der Waals surface area contributed by atoms with E-state index in [9.17, 15) is 14.7 Å². The molecule has 1 N–H and O–H groups in total. The van der Waals surface area contributed by atoms with Gasteiger partial charge in [-0.3, -0.25) is 14.5 Å². The van der Waals surface area contributed by atoms with Crippen LogP contribution < -0.4 is 9.64 Å². The van der Waals surface area contributed by atoms with Crippen LogP contribution in [0.25, 0.3) is 5.76 Å². The molecule has 0 bridgehead atoms. The first kappa shape index (κ1) is 22.8. The molecule has 0 saturated carbocycles. The SMILES string of the molecule is Cc1cc(/C(O)=C2/C(=O)C(=O)N(c3ccc(OC(C)C)cc3)C2c2ccccc2)ccc1Br. The number of hydrogen-bond donors (Lipinski definition) is 1. The molecule has 1 heterocycles. The number of aliphatic hydroxyl groups is 1. The standard InChI is InChI=1S/C27H24BrNO4/c1-16(2)33-21-12-10-20(11-13-21)29-24(18-7-5-4-6-8-18)23(26(31)27(29)32)25(30)19-9-14-22(28)17(3)15-19/h4-16,24,30H,1-3H3/b25-23-. The Morgan fingerprint density at radius 2 is 1.67 bits per heavy atom. The number of carbonyl (C=O) groups excluding carboxylic acids is 2. The molecule has 1 fully saturated rings. The average molecular weight is 506 g/mol. The van der Waals surface area contributed by atoms with Gasteiger partial charge in [-0.05, 0) is 68.3 Å². The Hall–Kier alpha value is -3.38. The average Bonchev–Trinajstić information content (AvgIpc) is 3.06. The zero-order valence-electron chi connectivity index (χ0n) is 18.6. The molecule has 1 saturated heterocycles.